The van der Waals surface area contributed by atoms with Crippen molar-refractivity contribution in [3.8, 4) is 16.9 Å². The first-order chi connectivity index (χ1) is 10.1. The minimum atomic E-state index is -1.04. The maximum atomic E-state index is 11.1. The molecule has 6 heteroatoms. The molecule has 0 spiro atoms. The summed E-state index contributed by atoms with van der Waals surface area (Å²) in [6.07, 6.45) is 3.70. The Morgan fingerprint density at radius 1 is 1.29 bits per heavy atom. The first-order valence-corrected chi connectivity index (χ1v) is 6.44. The normalized spacial score (nSPS) is 10.8. The predicted octanol–water partition coefficient (Wildman–Crippen LogP) is 2.28. The topological polar surface area (TPSA) is 72.9 Å². The van der Waals surface area contributed by atoms with Crippen molar-refractivity contribution in [3.63, 3.8) is 0 Å². The molecular formula is C15H14N4O2. The molecule has 0 atom stereocenters. The van der Waals surface area contributed by atoms with Crippen LogP contribution in [0.3, 0.4) is 0 Å². The van der Waals surface area contributed by atoms with E-state index in [1.165, 1.54) is 0 Å². The maximum absolute atomic E-state index is 11.1. The minimum Gasteiger partial charge on any atom is -0.476 e. The highest BCUT2D eigenvalue weighted by Gasteiger charge is 2.15. The number of aryl methyl sites for hydroxylation is 2. The van der Waals surface area contributed by atoms with Crippen molar-refractivity contribution in [2.24, 2.45) is 7.05 Å². The van der Waals surface area contributed by atoms with Crippen molar-refractivity contribution >= 4 is 5.97 Å². The van der Waals surface area contributed by atoms with E-state index in [4.69, 9.17) is 5.11 Å². The lowest BCUT2D eigenvalue weighted by Crippen LogP contribution is -2.01. The Bertz CT molecular complexity index is 817. The second-order valence-electron chi connectivity index (χ2n) is 4.82. The van der Waals surface area contributed by atoms with Crippen LogP contribution >= 0.6 is 0 Å². The van der Waals surface area contributed by atoms with Crippen LogP contribution in [-0.2, 0) is 7.05 Å². The molecule has 0 bridgehead atoms. The zero-order valence-electron chi connectivity index (χ0n) is 11.7. The SMILES string of the molecule is Cc1cnn(-c2ccccc2-c2cc(C(=O)O)nn2C)c1. The van der Waals surface area contributed by atoms with Crippen LogP contribution in [0.5, 0.6) is 0 Å². The van der Waals surface area contributed by atoms with Gasteiger partial charge in [-0.1, -0.05) is 18.2 Å². The lowest BCUT2D eigenvalue weighted by Gasteiger charge is -2.09. The summed E-state index contributed by atoms with van der Waals surface area (Å²) in [7, 11) is 1.73. The molecule has 0 saturated carbocycles. The Kier molecular flexibility index (Phi) is 3.06. The summed E-state index contributed by atoms with van der Waals surface area (Å²) in [5.74, 6) is -1.04. The van der Waals surface area contributed by atoms with Crippen molar-refractivity contribution in [2.75, 3.05) is 0 Å². The zero-order valence-corrected chi connectivity index (χ0v) is 11.7. The molecule has 1 N–H and O–H groups in total. The third kappa shape index (κ3) is 2.31. The van der Waals surface area contributed by atoms with Gasteiger partial charge in [0.15, 0.2) is 5.69 Å². The number of hydrogen-bond donors (Lipinski definition) is 1. The van der Waals surface area contributed by atoms with Gasteiger partial charge in [0.2, 0.25) is 0 Å². The van der Waals surface area contributed by atoms with Gasteiger partial charge in [-0.2, -0.15) is 10.2 Å². The third-order valence-electron chi connectivity index (χ3n) is 3.24. The van der Waals surface area contributed by atoms with Gasteiger partial charge in [0.25, 0.3) is 0 Å². The molecule has 2 aromatic heterocycles. The lowest BCUT2D eigenvalue weighted by atomic mass is 10.1. The van der Waals surface area contributed by atoms with E-state index in [1.54, 1.807) is 28.7 Å². The van der Waals surface area contributed by atoms with Crippen molar-refractivity contribution < 1.29 is 9.90 Å². The number of aromatic nitrogens is 4. The number of benzene rings is 1. The van der Waals surface area contributed by atoms with Crippen LogP contribution in [0.25, 0.3) is 16.9 Å². The van der Waals surface area contributed by atoms with Gasteiger partial charge in [-0.05, 0) is 24.6 Å². The number of para-hydroxylation sites is 1. The van der Waals surface area contributed by atoms with Gasteiger partial charge in [0.1, 0.15) is 0 Å². The Balaban J connectivity index is 2.17. The monoisotopic (exact) mass is 282 g/mol. The molecule has 3 rings (SSSR count). The second-order valence-corrected chi connectivity index (χ2v) is 4.82. The van der Waals surface area contributed by atoms with Crippen LogP contribution in [0.1, 0.15) is 16.1 Å². The van der Waals surface area contributed by atoms with Gasteiger partial charge in [0.05, 0.1) is 17.6 Å². The summed E-state index contributed by atoms with van der Waals surface area (Å²) in [4.78, 5) is 11.1. The van der Waals surface area contributed by atoms with E-state index in [0.29, 0.717) is 0 Å². The van der Waals surface area contributed by atoms with Crippen LogP contribution in [0.15, 0.2) is 42.7 Å². The van der Waals surface area contributed by atoms with Crippen LogP contribution < -0.4 is 0 Å². The summed E-state index contributed by atoms with van der Waals surface area (Å²) in [5.41, 5.74) is 3.57. The van der Waals surface area contributed by atoms with E-state index in [0.717, 1.165) is 22.5 Å². The van der Waals surface area contributed by atoms with E-state index in [9.17, 15) is 4.79 Å². The Morgan fingerprint density at radius 2 is 2.05 bits per heavy atom. The molecule has 0 radical (unpaired) electrons. The number of nitrogens with zero attached hydrogens (tertiary/aromatic N) is 4. The molecule has 0 aliphatic carbocycles. The smallest absolute Gasteiger partial charge is 0.356 e. The first-order valence-electron chi connectivity index (χ1n) is 6.44. The average molecular weight is 282 g/mol. The summed E-state index contributed by atoms with van der Waals surface area (Å²) in [6.45, 7) is 1.97. The Hall–Kier alpha value is -2.89. The predicted molar refractivity (Wildman–Crippen MR) is 77.5 cm³/mol. The molecule has 0 unspecified atom stereocenters. The molecule has 6 nitrogen and oxygen atoms in total. The largest absolute Gasteiger partial charge is 0.476 e. The van der Waals surface area contributed by atoms with Crippen molar-refractivity contribution in [3.05, 3.63) is 54.0 Å². The van der Waals surface area contributed by atoms with Gasteiger partial charge < -0.3 is 5.11 Å². The molecule has 3 aromatic rings. The first kappa shape index (κ1) is 13.1. The fraction of sp³-hybridized carbons (Fsp3) is 0.133. The summed E-state index contributed by atoms with van der Waals surface area (Å²) in [6, 6.07) is 9.26. The fourth-order valence-electron chi connectivity index (χ4n) is 2.26. The number of aromatic carboxylic acids is 1. The number of rotatable bonds is 3. The molecule has 106 valence electrons. The van der Waals surface area contributed by atoms with Gasteiger partial charge in [0, 0.05) is 18.8 Å². The quantitative estimate of drug-likeness (QED) is 0.800. The van der Waals surface area contributed by atoms with E-state index in [-0.39, 0.29) is 5.69 Å². The summed E-state index contributed by atoms with van der Waals surface area (Å²) < 4.78 is 3.34. The molecule has 1 aromatic carbocycles. The summed E-state index contributed by atoms with van der Waals surface area (Å²) in [5, 5.41) is 17.4. The van der Waals surface area contributed by atoms with E-state index in [1.807, 2.05) is 37.4 Å². The van der Waals surface area contributed by atoms with Gasteiger partial charge >= 0.3 is 5.97 Å². The molecule has 0 fully saturated rings. The minimum absolute atomic E-state index is 0.0268. The highest BCUT2D eigenvalue weighted by atomic mass is 16.4. The average Bonchev–Trinajstić information content (AvgIpc) is 3.05. The molecule has 0 aliphatic rings. The van der Waals surface area contributed by atoms with Crippen molar-refractivity contribution in [1.29, 1.82) is 0 Å². The molecule has 0 saturated heterocycles. The standard InChI is InChI=1S/C15H14N4O2/c1-10-8-16-19(9-10)13-6-4-3-5-11(13)14-7-12(15(20)21)17-18(14)2/h3-9H,1-2H3,(H,20,21). The Morgan fingerprint density at radius 3 is 2.67 bits per heavy atom. The molecular weight excluding hydrogens is 268 g/mol. The molecule has 2 heterocycles. The highest BCUT2D eigenvalue weighted by molar-refractivity contribution is 5.87. The molecule has 0 aliphatic heterocycles. The lowest BCUT2D eigenvalue weighted by molar-refractivity contribution is 0.0689. The van der Waals surface area contributed by atoms with Crippen molar-refractivity contribution in [2.45, 2.75) is 6.92 Å². The van der Waals surface area contributed by atoms with Gasteiger partial charge in [-0.25, -0.2) is 9.48 Å². The van der Waals surface area contributed by atoms with Crippen LogP contribution in [0, 0.1) is 6.92 Å². The maximum Gasteiger partial charge on any atom is 0.356 e. The van der Waals surface area contributed by atoms with Crippen LogP contribution in [0.4, 0.5) is 0 Å². The number of carbonyl (C=O) groups is 1. The second kappa shape index (κ2) is 4.90. The van der Waals surface area contributed by atoms with Crippen LogP contribution in [0.2, 0.25) is 0 Å². The number of hydrogen-bond acceptors (Lipinski definition) is 3. The summed E-state index contributed by atoms with van der Waals surface area (Å²) >= 11 is 0. The van der Waals surface area contributed by atoms with E-state index < -0.39 is 5.97 Å². The fourth-order valence-corrected chi connectivity index (χ4v) is 2.26. The van der Waals surface area contributed by atoms with Crippen molar-refractivity contribution in [1.82, 2.24) is 19.6 Å². The highest BCUT2D eigenvalue weighted by Crippen LogP contribution is 2.26. The molecule has 21 heavy (non-hydrogen) atoms. The molecule has 0 amide bonds. The third-order valence-corrected chi connectivity index (χ3v) is 3.24. The van der Waals surface area contributed by atoms with Gasteiger partial charge in [-0.3, -0.25) is 4.68 Å². The van der Waals surface area contributed by atoms with Gasteiger partial charge in [-0.15, -0.1) is 0 Å². The zero-order chi connectivity index (χ0) is 15.0. The van der Waals surface area contributed by atoms with E-state index >= 15 is 0 Å². The van der Waals surface area contributed by atoms with Crippen LogP contribution in [-0.4, -0.2) is 30.6 Å². The van der Waals surface area contributed by atoms with E-state index in [2.05, 4.69) is 10.2 Å². The Labute approximate surface area is 121 Å². The number of carboxylic acids is 1. The number of carboxylic acid groups (broad SMARTS) is 1.